The van der Waals surface area contributed by atoms with Gasteiger partial charge in [0.05, 0.1) is 18.0 Å². The predicted octanol–water partition coefficient (Wildman–Crippen LogP) is 3.99. The summed E-state index contributed by atoms with van der Waals surface area (Å²) in [6.07, 6.45) is 1.08. The summed E-state index contributed by atoms with van der Waals surface area (Å²) in [6.45, 7) is 7.49. The quantitative estimate of drug-likeness (QED) is 0.785. The highest BCUT2D eigenvalue weighted by molar-refractivity contribution is 7.92. The van der Waals surface area contributed by atoms with E-state index < -0.39 is 16.1 Å². The van der Waals surface area contributed by atoms with Crippen LogP contribution in [0.5, 0.6) is 0 Å². The molecule has 2 aromatic rings. The monoisotopic (exact) mass is 408 g/mol. The van der Waals surface area contributed by atoms with Gasteiger partial charge in [0.1, 0.15) is 6.04 Å². The maximum absolute atomic E-state index is 12.8. The second kappa shape index (κ2) is 8.31. The molecule has 0 radical (unpaired) electrons. The van der Waals surface area contributed by atoms with Gasteiger partial charge in [0.25, 0.3) is 0 Å². The molecule has 0 saturated heterocycles. The van der Waals surface area contributed by atoms with Crippen molar-refractivity contribution < 1.29 is 13.2 Å². The molecule has 0 aliphatic carbocycles. The summed E-state index contributed by atoms with van der Waals surface area (Å²) in [5.41, 5.74) is 3.68. The Morgan fingerprint density at radius 1 is 1.04 bits per heavy atom. The third-order valence-corrected chi connectivity index (χ3v) is 6.05. The number of hydrogen-bond donors (Lipinski definition) is 1. The number of sulfonamides is 1. The third-order valence-electron chi connectivity index (χ3n) is 4.56. The number of halogens is 1. The van der Waals surface area contributed by atoms with Crippen LogP contribution in [0.3, 0.4) is 0 Å². The first-order valence-corrected chi connectivity index (χ1v) is 10.9. The molecule has 27 heavy (non-hydrogen) atoms. The minimum atomic E-state index is -3.66. The van der Waals surface area contributed by atoms with Crippen LogP contribution in [0.2, 0.25) is 5.02 Å². The summed E-state index contributed by atoms with van der Waals surface area (Å²) >= 11 is 5.89. The van der Waals surface area contributed by atoms with E-state index in [1.54, 1.807) is 31.2 Å². The van der Waals surface area contributed by atoms with Crippen molar-refractivity contribution in [2.75, 3.05) is 10.6 Å². The summed E-state index contributed by atoms with van der Waals surface area (Å²) in [6, 6.07) is 11.2. The Kier molecular flexibility index (Phi) is 6.54. The number of nitrogens with zero attached hydrogens (tertiary/aromatic N) is 1. The maximum atomic E-state index is 12.8. The molecule has 0 aliphatic rings. The zero-order chi connectivity index (χ0) is 20.4. The van der Waals surface area contributed by atoms with Crippen LogP contribution in [0.4, 0.5) is 5.69 Å². The normalized spacial score (nSPS) is 13.7. The van der Waals surface area contributed by atoms with Gasteiger partial charge in [-0.3, -0.25) is 9.10 Å². The van der Waals surface area contributed by atoms with Crippen molar-refractivity contribution in [3.8, 4) is 0 Å². The van der Waals surface area contributed by atoms with Crippen molar-refractivity contribution in [3.63, 3.8) is 0 Å². The van der Waals surface area contributed by atoms with Crippen LogP contribution in [0, 0.1) is 13.8 Å². The fourth-order valence-corrected chi connectivity index (χ4v) is 4.15. The highest BCUT2D eigenvalue weighted by atomic mass is 35.5. The number of carbonyl (C=O) groups excluding carboxylic acids is 1. The first kappa shape index (κ1) is 21.3. The summed E-state index contributed by atoms with van der Waals surface area (Å²) < 4.78 is 25.7. The van der Waals surface area contributed by atoms with Crippen LogP contribution >= 0.6 is 11.6 Å². The molecule has 5 nitrogen and oxygen atoms in total. The van der Waals surface area contributed by atoms with Crippen LogP contribution < -0.4 is 9.62 Å². The van der Waals surface area contributed by atoms with E-state index in [0.717, 1.165) is 21.7 Å². The number of benzene rings is 2. The highest BCUT2D eigenvalue weighted by Gasteiger charge is 2.29. The van der Waals surface area contributed by atoms with Crippen molar-refractivity contribution in [1.29, 1.82) is 0 Å². The Hall–Kier alpha value is -2.05. The zero-order valence-corrected chi connectivity index (χ0v) is 17.7. The summed E-state index contributed by atoms with van der Waals surface area (Å²) in [4.78, 5) is 12.8. The lowest BCUT2D eigenvalue weighted by atomic mass is 10.0. The Morgan fingerprint density at radius 3 is 2.15 bits per heavy atom. The summed E-state index contributed by atoms with van der Waals surface area (Å²) in [7, 11) is -3.66. The molecule has 0 aromatic heterocycles. The van der Waals surface area contributed by atoms with Gasteiger partial charge in [0.15, 0.2) is 0 Å². The largest absolute Gasteiger partial charge is 0.348 e. The van der Waals surface area contributed by atoms with Crippen molar-refractivity contribution in [2.45, 2.75) is 39.8 Å². The first-order valence-electron chi connectivity index (χ1n) is 8.63. The molecule has 1 N–H and O–H groups in total. The minimum Gasteiger partial charge on any atom is -0.348 e. The van der Waals surface area contributed by atoms with Gasteiger partial charge >= 0.3 is 0 Å². The average molecular weight is 409 g/mol. The van der Waals surface area contributed by atoms with E-state index in [-0.39, 0.29) is 11.9 Å². The molecular weight excluding hydrogens is 384 g/mol. The SMILES string of the molecule is Cc1ccc([C@@H](C)NC(=O)[C@H](C)N(c2ccc(Cl)cc2)S(C)(=O)=O)cc1C. The van der Waals surface area contributed by atoms with Gasteiger partial charge in [0.2, 0.25) is 15.9 Å². The molecule has 2 rings (SSSR count). The number of carbonyl (C=O) groups is 1. The standard InChI is InChI=1S/C20H25ClN2O3S/c1-13-6-7-17(12-14(13)2)15(3)22-20(24)16(4)23(27(5,25)26)19-10-8-18(21)9-11-19/h6-12,15-16H,1-5H3,(H,22,24)/t15-,16+/m1/s1. The Balaban J connectivity index is 2.24. The maximum Gasteiger partial charge on any atom is 0.244 e. The average Bonchev–Trinajstić information content (AvgIpc) is 2.57. The molecule has 0 bridgehead atoms. The van der Waals surface area contributed by atoms with E-state index in [2.05, 4.69) is 5.32 Å². The topological polar surface area (TPSA) is 66.5 Å². The van der Waals surface area contributed by atoms with Crippen molar-refractivity contribution >= 4 is 33.2 Å². The number of nitrogens with one attached hydrogen (secondary N) is 1. The number of rotatable bonds is 6. The van der Waals surface area contributed by atoms with E-state index in [9.17, 15) is 13.2 Å². The fourth-order valence-electron chi connectivity index (χ4n) is 2.85. The molecule has 2 atom stereocenters. The Morgan fingerprint density at radius 2 is 1.63 bits per heavy atom. The molecule has 7 heteroatoms. The minimum absolute atomic E-state index is 0.245. The summed E-state index contributed by atoms with van der Waals surface area (Å²) in [5.74, 6) is -0.374. The first-order chi connectivity index (χ1) is 12.5. The third kappa shape index (κ3) is 5.23. The van der Waals surface area contributed by atoms with Crippen LogP contribution in [0.15, 0.2) is 42.5 Å². The molecule has 1 amide bonds. The van der Waals surface area contributed by atoms with Gasteiger partial charge in [0, 0.05) is 5.02 Å². The van der Waals surface area contributed by atoms with E-state index in [1.165, 1.54) is 5.56 Å². The second-order valence-corrected chi connectivity index (χ2v) is 9.08. The zero-order valence-electron chi connectivity index (χ0n) is 16.2. The lowest BCUT2D eigenvalue weighted by molar-refractivity contribution is -0.122. The summed E-state index contributed by atoms with van der Waals surface area (Å²) in [5, 5.41) is 3.40. The van der Waals surface area contributed by atoms with Crippen LogP contribution in [-0.2, 0) is 14.8 Å². The molecule has 0 aliphatic heterocycles. The van der Waals surface area contributed by atoms with Gasteiger partial charge in [-0.25, -0.2) is 8.42 Å². The highest BCUT2D eigenvalue weighted by Crippen LogP contribution is 2.24. The van der Waals surface area contributed by atoms with Gasteiger partial charge in [-0.1, -0.05) is 29.8 Å². The van der Waals surface area contributed by atoms with E-state index in [4.69, 9.17) is 11.6 Å². The molecule has 0 saturated carbocycles. The van der Waals surface area contributed by atoms with E-state index in [1.807, 2.05) is 39.0 Å². The smallest absolute Gasteiger partial charge is 0.244 e. The van der Waals surface area contributed by atoms with Gasteiger partial charge in [-0.15, -0.1) is 0 Å². The number of hydrogen-bond acceptors (Lipinski definition) is 3. The molecule has 0 unspecified atom stereocenters. The van der Waals surface area contributed by atoms with Gasteiger partial charge in [-0.05, 0) is 68.7 Å². The van der Waals surface area contributed by atoms with Crippen LogP contribution in [0.1, 0.15) is 36.6 Å². The second-order valence-electron chi connectivity index (χ2n) is 6.79. The molecular formula is C20H25ClN2O3S. The lowest BCUT2D eigenvalue weighted by Gasteiger charge is -2.29. The number of aryl methyl sites for hydroxylation is 2. The molecule has 0 heterocycles. The van der Waals surface area contributed by atoms with E-state index >= 15 is 0 Å². The number of anilines is 1. The van der Waals surface area contributed by atoms with Crippen molar-refractivity contribution in [1.82, 2.24) is 5.32 Å². The fraction of sp³-hybridized carbons (Fsp3) is 0.350. The van der Waals surface area contributed by atoms with Crippen molar-refractivity contribution in [2.24, 2.45) is 0 Å². The van der Waals surface area contributed by atoms with E-state index in [0.29, 0.717) is 10.7 Å². The van der Waals surface area contributed by atoms with Gasteiger partial charge in [-0.2, -0.15) is 0 Å². The Labute approximate surface area is 166 Å². The van der Waals surface area contributed by atoms with Crippen LogP contribution in [-0.4, -0.2) is 26.6 Å². The molecule has 0 fully saturated rings. The number of amides is 1. The lowest BCUT2D eigenvalue weighted by Crippen LogP contribution is -2.48. The van der Waals surface area contributed by atoms with Crippen LogP contribution in [0.25, 0.3) is 0 Å². The molecule has 0 spiro atoms. The Bertz CT molecular complexity index is 927. The predicted molar refractivity (Wildman–Crippen MR) is 111 cm³/mol. The molecule has 2 aromatic carbocycles. The van der Waals surface area contributed by atoms with Gasteiger partial charge < -0.3 is 5.32 Å². The van der Waals surface area contributed by atoms with Crippen molar-refractivity contribution in [3.05, 3.63) is 64.2 Å². The molecule has 146 valence electrons.